The van der Waals surface area contributed by atoms with Crippen molar-refractivity contribution in [3.8, 4) is 0 Å². The Hall–Kier alpha value is -1.62. The number of amides is 1. The van der Waals surface area contributed by atoms with E-state index in [9.17, 15) is 9.59 Å². The number of carbonyl (C=O) groups excluding carboxylic acids is 1. The van der Waals surface area contributed by atoms with E-state index < -0.39 is 5.97 Å². The third-order valence-electron chi connectivity index (χ3n) is 3.45. The van der Waals surface area contributed by atoms with Crippen LogP contribution in [0.2, 0.25) is 0 Å². The van der Waals surface area contributed by atoms with E-state index in [2.05, 4.69) is 33.0 Å². The average Bonchev–Trinajstić information content (AvgIpc) is 2.84. The highest BCUT2D eigenvalue weighted by molar-refractivity contribution is 7.14. The molecule has 0 aliphatic heterocycles. The van der Waals surface area contributed by atoms with Gasteiger partial charge in [-0.05, 0) is 36.0 Å². The molecule has 0 radical (unpaired) electrons. The van der Waals surface area contributed by atoms with Crippen LogP contribution in [0.5, 0.6) is 0 Å². The van der Waals surface area contributed by atoms with Crippen LogP contribution in [0.1, 0.15) is 42.2 Å². The third-order valence-corrected chi connectivity index (χ3v) is 4.50. The summed E-state index contributed by atoms with van der Waals surface area (Å²) in [5, 5.41) is 11.5. The van der Waals surface area contributed by atoms with Crippen LogP contribution in [0.3, 0.4) is 0 Å². The largest absolute Gasteiger partial charge is 0.478 e. The van der Waals surface area contributed by atoms with Crippen molar-refractivity contribution in [2.24, 2.45) is 17.8 Å². The molecule has 0 unspecified atom stereocenters. The summed E-state index contributed by atoms with van der Waals surface area (Å²) in [6.45, 7) is 9.31. The van der Waals surface area contributed by atoms with Gasteiger partial charge in [-0.25, -0.2) is 4.79 Å². The van der Waals surface area contributed by atoms with Gasteiger partial charge in [-0.2, -0.15) is 0 Å². The van der Waals surface area contributed by atoms with Crippen molar-refractivity contribution >= 4 is 29.3 Å². The van der Waals surface area contributed by atoms with E-state index in [1.54, 1.807) is 12.1 Å². The fourth-order valence-electron chi connectivity index (χ4n) is 2.26. The quantitative estimate of drug-likeness (QED) is 0.758. The second kappa shape index (κ2) is 7.98. The molecule has 1 heterocycles. The van der Waals surface area contributed by atoms with Crippen LogP contribution in [0.4, 0.5) is 0 Å². The lowest BCUT2D eigenvalue weighted by Gasteiger charge is -2.24. The minimum Gasteiger partial charge on any atom is -0.478 e. The molecule has 0 fully saturated rings. The molecule has 0 bridgehead atoms. The lowest BCUT2D eigenvalue weighted by molar-refractivity contribution is -0.131. The van der Waals surface area contributed by atoms with Crippen LogP contribution < -0.4 is 5.32 Å². The van der Waals surface area contributed by atoms with Crippen molar-refractivity contribution < 1.29 is 14.7 Å². The second-order valence-electron chi connectivity index (χ2n) is 5.74. The molecule has 21 heavy (non-hydrogen) atoms. The van der Waals surface area contributed by atoms with E-state index in [1.807, 2.05) is 0 Å². The van der Waals surface area contributed by atoms with Gasteiger partial charge in [0.25, 0.3) is 5.91 Å². The van der Waals surface area contributed by atoms with E-state index >= 15 is 0 Å². The first-order chi connectivity index (χ1) is 9.81. The number of thiophene rings is 1. The van der Waals surface area contributed by atoms with Crippen LogP contribution in [0.15, 0.2) is 18.2 Å². The maximum atomic E-state index is 12.1. The maximum absolute atomic E-state index is 12.1. The van der Waals surface area contributed by atoms with Crippen molar-refractivity contribution in [1.29, 1.82) is 0 Å². The number of hydrogen-bond acceptors (Lipinski definition) is 3. The highest BCUT2D eigenvalue weighted by Crippen LogP contribution is 2.21. The standard InChI is InChI=1S/C16H23NO3S/c1-10(2)13(11(3)4)9-17-16(20)14-7-5-12(21-14)6-8-15(18)19/h5-8,10-11,13H,9H2,1-4H3,(H,17,20)(H,18,19)/b8-6+. The average molecular weight is 309 g/mol. The van der Waals surface area contributed by atoms with Crippen LogP contribution in [0, 0.1) is 17.8 Å². The molecule has 1 amide bonds. The van der Waals surface area contributed by atoms with E-state index in [-0.39, 0.29) is 5.91 Å². The molecular weight excluding hydrogens is 286 g/mol. The highest BCUT2D eigenvalue weighted by atomic mass is 32.1. The fraction of sp³-hybridized carbons (Fsp3) is 0.500. The van der Waals surface area contributed by atoms with Gasteiger partial charge in [0, 0.05) is 17.5 Å². The lowest BCUT2D eigenvalue weighted by Crippen LogP contribution is -2.33. The topological polar surface area (TPSA) is 66.4 Å². The van der Waals surface area contributed by atoms with Gasteiger partial charge in [0.1, 0.15) is 0 Å². The molecule has 1 aromatic rings. The summed E-state index contributed by atoms with van der Waals surface area (Å²) in [6, 6.07) is 3.47. The monoisotopic (exact) mass is 309 g/mol. The van der Waals surface area contributed by atoms with Crippen molar-refractivity contribution in [3.05, 3.63) is 28.0 Å². The summed E-state index contributed by atoms with van der Waals surface area (Å²) in [7, 11) is 0. The van der Waals surface area contributed by atoms with Crippen LogP contribution in [0.25, 0.3) is 6.08 Å². The Bertz CT molecular complexity index is 509. The van der Waals surface area contributed by atoms with Gasteiger partial charge in [-0.1, -0.05) is 27.7 Å². The first-order valence-corrected chi connectivity index (χ1v) is 7.92. The first kappa shape index (κ1) is 17.4. The molecule has 0 aliphatic carbocycles. The number of carbonyl (C=O) groups is 2. The molecular formula is C16H23NO3S. The van der Waals surface area contributed by atoms with Crippen molar-refractivity contribution in [2.75, 3.05) is 6.54 Å². The second-order valence-corrected chi connectivity index (χ2v) is 6.85. The normalized spacial score (nSPS) is 11.8. The molecule has 5 heteroatoms. The van der Waals surface area contributed by atoms with E-state index in [1.165, 1.54) is 17.4 Å². The van der Waals surface area contributed by atoms with E-state index in [4.69, 9.17) is 5.11 Å². The predicted octanol–water partition coefficient (Wildman–Crippen LogP) is 3.50. The molecule has 1 aromatic heterocycles. The zero-order valence-electron chi connectivity index (χ0n) is 12.9. The number of carboxylic acid groups (broad SMARTS) is 1. The van der Waals surface area contributed by atoms with Gasteiger partial charge in [0.15, 0.2) is 0 Å². The highest BCUT2D eigenvalue weighted by Gasteiger charge is 2.19. The molecule has 0 aromatic carbocycles. The predicted molar refractivity (Wildman–Crippen MR) is 86.5 cm³/mol. The zero-order chi connectivity index (χ0) is 16.0. The summed E-state index contributed by atoms with van der Waals surface area (Å²) < 4.78 is 0. The summed E-state index contributed by atoms with van der Waals surface area (Å²) in [4.78, 5) is 23.9. The Morgan fingerprint density at radius 1 is 1.24 bits per heavy atom. The number of aliphatic carboxylic acids is 1. The summed E-state index contributed by atoms with van der Waals surface area (Å²) >= 11 is 1.29. The molecule has 116 valence electrons. The molecule has 4 nitrogen and oxygen atoms in total. The van der Waals surface area contributed by atoms with E-state index in [0.29, 0.717) is 29.2 Å². The maximum Gasteiger partial charge on any atom is 0.328 e. The Kier molecular flexibility index (Phi) is 6.62. The Morgan fingerprint density at radius 2 is 1.86 bits per heavy atom. The zero-order valence-corrected chi connectivity index (χ0v) is 13.7. The third kappa shape index (κ3) is 5.71. The summed E-state index contributed by atoms with van der Waals surface area (Å²) in [5.74, 6) is 0.387. The van der Waals surface area contributed by atoms with Crippen molar-refractivity contribution in [2.45, 2.75) is 27.7 Å². The smallest absolute Gasteiger partial charge is 0.328 e. The fourth-order valence-corrected chi connectivity index (χ4v) is 3.08. The Balaban J connectivity index is 2.62. The Morgan fingerprint density at radius 3 is 2.38 bits per heavy atom. The van der Waals surface area contributed by atoms with Crippen LogP contribution in [-0.2, 0) is 4.79 Å². The van der Waals surface area contributed by atoms with Gasteiger partial charge in [0.05, 0.1) is 4.88 Å². The number of carboxylic acids is 1. The lowest BCUT2D eigenvalue weighted by atomic mass is 9.85. The SMILES string of the molecule is CC(C)C(CNC(=O)c1ccc(/C=C/C(=O)O)s1)C(C)C. The number of nitrogens with one attached hydrogen (secondary N) is 1. The first-order valence-electron chi connectivity index (χ1n) is 7.10. The van der Waals surface area contributed by atoms with Gasteiger partial charge in [0.2, 0.25) is 0 Å². The summed E-state index contributed by atoms with van der Waals surface area (Å²) in [6.07, 6.45) is 2.57. The van der Waals surface area contributed by atoms with Crippen LogP contribution in [-0.4, -0.2) is 23.5 Å². The molecule has 0 spiro atoms. The van der Waals surface area contributed by atoms with Crippen molar-refractivity contribution in [1.82, 2.24) is 5.32 Å². The van der Waals surface area contributed by atoms with Crippen LogP contribution >= 0.6 is 11.3 Å². The van der Waals surface area contributed by atoms with Gasteiger partial charge >= 0.3 is 5.97 Å². The molecule has 2 N–H and O–H groups in total. The summed E-state index contributed by atoms with van der Waals surface area (Å²) in [5.41, 5.74) is 0. The van der Waals surface area contributed by atoms with Gasteiger partial charge in [-0.15, -0.1) is 11.3 Å². The van der Waals surface area contributed by atoms with Gasteiger partial charge in [-0.3, -0.25) is 4.79 Å². The molecule has 0 saturated carbocycles. The molecule has 0 saturated heterocycles. The van der Waals surface area contributed by atoms with E-state index in [0.717, 1.165) is 11.0 Å². The molecule has 0 aliphatic rings. The minimum atomic E-state index is -0.994. The molecule has 1 rings (SSSR count). The van der Waals surface area contributed by atoms with Crippen molar-refractivity contribution in [3.63, 3.8) is 0 Å². The molecule has 0 atom stereocenters. The Labute approximate surface area is 129 Å². The number of rotatable bonds is 7. The number of hydrogen-bond donors (Lipinski definition) is 2. The van der Waals surface area contributed by atoms with Gasteiger partial charge < -0.3 is 10.4 Å². The minimum absolute atomic E-state index is 0.0960.